The van der Waals surface area contributed by atoms with Gasteiger partial charge in [-0.1, -0.05) is 68.8 Å². The van der Waals surface area contributed by atoms with Crippen molar-refractivity contribution in [2.45, 2.75) is 54.9 Å². The second kappa shape index (κ2) is 10.3. The summed E-state index contributed by atoms with van der Waals surface area (Å²) >= 11 is 0. The third kappa shape index (κ3) is 6.56. The molecule has 0 nitrogen and oxygen atoms in total. The first-order valence-electron chi connectivity index (χ1n) is 7.63. The van der Waals surface area contributed by atoms with Crippen LogP contribution in [0.5, 0.6) is 0 Å². The minimum Gasteiger partial charge on any atom is -0.0736 e. The van der Waals surface area contributed by atoms with Gasteiger partial charge in [-0.2, -0.15) is 0 Å². The maximum absolute atomic E-state index is 2.26. The molecule has 0 unspecified atom stereocenters. The summed E-state index contributed by atoms with van der Waals surface area (Å²) in [5.41, 5.74) is 6.69. The predicted molar refractivity (Wildman–Crippen MR) is 94.0 cm³/mol. The third-order valence-electron chi connectivity index (χ3n) is 3.36. The number of benzene rings is 1. The molecule has 0 heteroatoms. The minimum atomic E-state index is 1.12. The summed E-state index contributed by atoms with van der Waals surface area (Å²) < 4.78 is 0. The van der Waals surface area contributed by atoms with E-state index < -0.39 is 0 Å². The molecule has 0 N–H and O–H groups in total. The van der Waals surface area contributed by atoms with Crippen LogP contribution >= 0.6 is 0 Å². The van der Waals surface area contributed by atoms with Crippen molar-refractivity contribution in [1.82, 2.24) is 0 Å². The Bertz CT molecular complexity index is 485. The van der Waals surface area contributed by atoms with E-state index in [4.69, 9.17) is 0 Å². The van der Waals surface area contributed by atoms with Crippen molar-refractivity contribution in [3.63, 3.8) is 0 Å². The van der Waals surface area contributed by atoms with E-state index in [-0.39, 0.29) is 0 Å². The summed E-state index contributed by atoms with van der Waals surface area (Å²) in [6.45, 7) is 14.9. The van der Waals surface area contributed by atoms with E-state index in [9.17, 15) is 0 Å². The van der Waals surface area contributed by atoms with Gasteiger partial charge in [0.2, 0.25) is 0 Å². The Morgan fingerprint density at radius 3 is 2.10 bits per heavy atom. The van der Waals surface area contributed by atoms with Gasteiger partial charge in [0.1, 0.15) is 0 Å². The van der Waals surface area contributed by atoms with Crippen molar-refractivity contribution in [2.75, 3.05) is 0 Å². The Morgan fingerprint density at radius 1 is 0.950 bits per heavy atom. The molecule has 0 heterocycles. The molecule has 20 heavy (non-hydrogen) atoms. The van der Waals surface area contributed by atoms with Crippen molar-refractivity contribution in [3.8, 4) is 0 Å². The number of rotatable bonds is 4. The van der Waals surface area contributed by atoms with E-state index in [1.54, 1.807) is 0 Å². The molecule has 0 aromatic heterocycles. The molecule has 0 saturated heterocycles. The molecule has 0 amide bonds. The van der Waals surface area contributed by atoms with Gasteiger partial charge in [0.25, 0.3) is 0 Å². The van der Waals surface area contributed by atoms with Crippen LogP contribution in [-0.4, -0.2) is 0 Å². The van der Waals surface area contributed by atoms with Crippen LogP contribution in [0.1, 0.15) is 59.1 Å². The van der Waals surface area contributed by atoms with Gasteiger partial charge in [-0.25, -0.2) is 0 Å². The van der Waals surface area contributed by atoms with E-state index >= 15 is 0 Å². The second-order valence-corrected chi connectivity index (χ2v) is 4.90. The van der Waals surface area contributed by atoms with Gasteiger partial charge < -0.3 is 0 Å². The highest BCUT2D eigenvalue weighted by Gasteiger charge is 1.96. The molecule has 1 rings (SSSR count). The SMILES string of the molecule is CC.CC\C(C)=C/C=C(C)/C(C)=C/c1ccccc1C. The number of aryl methyl sites for hydroxylation is 1. The van der Waals surface area contributed by atoms with E-state index in [0.29, 0.717) is 0 Å². The van der Waals surface area contributed by atoms with E-state index in [0.717, 1.165) is 6.42 Å². The van der Waals surface area contributed by atoms with Crippen LogP contribution in [-0.2, 0) is 0 Å². The Kier molecular flexibility index (Phi) is 9.45. The lowest BCUT2D eigenvalue weighted by Gasteiger charge is -2.04. The van der Waals surface area contributed by atoms with Crippen LogP contribution in [0.3, 0.4) is 0 Å². The van der Waals surface area contributed by atoms with Gasteiger partial charge in [0.15, 0.2) is 0 Å². The fourth-order valence-corrected chi connectivity index (χ4v) is 1.61. The van der Waals surface area contributed by atoms with E-state index in [1.165, 1.54) is 27.8 Å². The molecule has 0 radical (unpaired) electrons. The zero-order valence-corrected chi connectivity index (χ0v) is 14.2. The molecule has 0 fully saturated rings. The predicted octanol–water partition coefficient (Wildman–Crippen LogP) is 6.73. The Morgan fingerprint density at radius 2 is 1.55 bits per heavy atom. The molecule has 0 aliphatic rings. The molecule has 1 aromatic carbocycles. The average molecular weight is 270 g/mol. The smallest absolute Gasteiger partial charge is 0.0225 e. The Hall–Kier alpha value is -1.56. The number of hydrogen-bond donors (Lipinski definition) is 0. The standard InChI is InChI=1S/C18H24.C2H6/c1-6-14(2)11-12-15(3)17(5)13-18-10-8-7-9-16(18)4;1-2/h7-13H,6H2,1-5H3;1-2H3/b14-11-,15-12+,17-13+;. The maximum atomic E-state index is 2.26. The Balaban J connectivity index is 0.00000172. The molecule has 0 atom stereocenters. The van der Waals surface area contributed by atoms with Crippen molar-refractivity contribution in [3.05, 3.63) is 64.3 Å². The highest BCUT2D eigenvalue weighted by Crippen LogP contribution is 2.17. The summed E-state index contributed by atoms with van der Waals surface area (Å²) in [4.78, 5) is 0. The van der Waals surface area contributed by atoms with Crippen LogP contribution in [0.2, 0.25) is 0 Å². The molecule has 0 bridgehead atoms. The van der Waals surface area contributed by atoms with Gasteiger partial charge in [0, 0.05) is 0 Å². The highest BCUT2D eigenvalue weighted by atomic mass is 14.0. The summed E-state index contributed by atoms with van der Waals surface area (Å²) in [5.74, 6) is 0. The zero-order chi connectivity index (χ0) is 15.5. The van der Waals surface area contributed by atoms with Crippen LogP contribution in [0.25, 0.3) is 6.08 Å². The van der Waals surface area contributed by atoms with Crippen LogP contribution in [0.15, 0.2) is 53.1 Å². The molecule has 0 saturated carbocycles. The van der Waals surface area contributed by atoms with E-state index in [1.807, 2.05) is 13.8 Å². The van der Waals surface area contributed by atoms with Gasteiger partial charge in [-0.3, -0.25) is 0 Å². The van der Waals surface area contributed by atoms with Gasteiger partial charge >= 0.3 is 0 Å². The van der Waals surface area contributed by atoms with Gasteiger partial charge in [0.05, 0.1) is 0 Å². The van der Waals surface area contributed by atoms with Crippen molar-refractivity contribution < 1.29 is 0 Å². The fourth-order valence-electron chi connectivity index (χ4n) is 1.61. The van der Waals surface area contributed by atoms with Crippen LogP contribution in [0, 0.1) is 6.92 Å². The quantitative estimate of drug-likeness (QED) is 0.532. The normalized spacial score (nSPS) is 12.8. The van der Waals surface area contributed by atoms with Gasteiger partial charge in [-0.05, 0) is 56.4 Å². The molecule has 0 spiro atoms. The van der Waals surface area contributed by atoms with Gasteiger partial charge in [-0.15, -0.1) is 0 Å². The molecular weight excluding hydrogens is 240 g/mol. The average Bonchev–Trinajstić information content (AvgIpc) is 2.48. The largest absolute Gasteiger partial charge is 0.0736 e. The first kappa shape index (κ1) is 18.4. The fraction of sp³-hybridized carbons (Fsp3) is 0.400. The van der Waals surface area contributed by atoms with Crippen LogP contribution < -0.4 is 0 Å². The number of hydrogen-bond acceptors (Lipinski definition) is 0. The van der Waals surface area contributed by atoms with E-state index in [2.05, 4.69) is 77.1 Å². The summed E-state index contributed by atoms with van der Waals surface area (Å²) in [6, 6.07) is 8.49. The summed E-state index contributed by atoms with van der Waals surface area (Å²) in [5, 5.41) is 0. The molecule has 0 aliphatic heterocycles. The lowest BCUT2D eigenvalue weighted by molar-refractivity contribution is 1.10. The Labute approximate surface area is 125 Å². The van der Waals surface area contributed by atoms with Crippen molar-refractivity contribution in [2.24, 2.45) is 0 Å². The first-order valence-corrected chi connectivity index (χ1v) is 7.63. The summed E-state index contributed by atoms with van der Waals surface area (Å²) in [7, 11) is 0. The molecule has 1 aromatic rings. The monoisotopic (exact) mass is 270 g/mol. The van der Waals surface area contributed by atoms with Crippen molar-refractivity contribution >= 4 is 6.08 Å². The number of allylic oxidation sites excluding steroid dienone is 5. The topological polar surface area (TPSA) is 0 Å². The van der Waals surface area contributed by atoms with Crippen molar-refractivity contribution in [1.29, 1.82) is 0 Å². The molecule has 0 aliphatic carbocycles. The summed E-state index contributed by atoms with van der Waals surface area (Å²) in [6.07, 6.45) is 7.80. The van der Waals surface area contributed by atoms with Crippen LogP contribution in [0.4, 0.5) is 0 Å². The molecular formula is C20H30. The molecule has 110 valence electrons. The maximum Gasteiger partial charge on any atom is -0.0225 e. The highest BCUT2D eigenvalue weighted by molar-refractivity contribution is 5.60. The third-order valence-corrected chi connectivity index (χ3v) is 3.36. The minimum absolute atomic E-state index is 1.12. The second-order valence-electron chi connectivity index (χ2n) is 4.90. The first-order chi connectivity index (χ1) is 9.54. The lowest BCUT2D eigenvalue weighted by Crippen LogP contribution is -1.83. The lowest BCUT2D eigenvalue weighted by atomic mass is 10.0. The zero-order valence-electron chi connectivity index (χ0n) is 14.2.